The maximum atomic E-state index is 12.3. The Bertz CT molecular complexity index is 782. The number of nitrogens with zero attached hydrogens (tertiary/aromatic N) is 3. The fourth-order valence-electron chi connectivity index (χ4n) is 2.94. The van der Waals surface area contributed by atoms with E-state index in [0.29, 0.717) is 37.7 Å². The van der Waals surface area contributed by atoms with Crippen LogP contribution in [-0.2, 0) is 11.3 Å². The first-order valence-corrected chi connectivity index (χ1v) is 10.5. The summed E-state index contributed by atoms with van der Waals surface area (Å²) < 4.78 is 5.37. The highest BCUT2D eigenvalue weighted by Crippen LogP contribution is 2.15. The fourth-order valence-corrected chi connectivity index (χ4v) is 2.94. The lowest BCUT2D eigenvalue weighted by Crippen LogP contribution is -2.63. The van der Waals surface area contributed by atoms with Crippen molar-refractivity contribution in [2.75, 3.05) is 47.3 Å². The van der Waals surface area contributed by atoms with Gasteiger partial charge in [-0.05, 0) is 52.6 Å². The van der Waals surface area contributed by atoms with Gasteiger partial charge in [-0.25, -0.2) is 4.79 Å². The molecule has 1 heterocycles. The number of hydrogen-bond acceptors (Lipinski definition) is 5. The number of benzene rings is 1. The third-order valence-electron chi connectivity index (χ3n) is 4.59. The summed E-state index contributed by atoms with van der Waals surface area (Å²) in [5.41, 5.74) is 1.12. The molecular formula is C22H36N6O3. The summed E-state index contributed by atoms with van der Waals surface area (Å²) in [6.45, 7) is 8.63. The monoisotopic (exact) mass is 432 g/mol. The molecule has 0 saturated carbocycles. The standard InChI is InChI=1S/C22H36N6O3/c1-22(2,3)31-21(30)28-14-18(15-28)26-20(23-4)25-13-16-8-7-9-17(12-16)19(29)24-10-11-27(5)6/h7-9,12,18H,10-11,13-15H2,1-6H3,(H,24,29)(H2,23,25,26). The van der Waals surface area contributed by atoms with Gasteiger partial charge < -0.3 is 30.5 Å². The van der Waals surface area contributed by atoms with E-state index >= 15 is 0 Å². The van der Waals surface area contributed by atoms with Crippen molar-refractivity contribution < 1.29 is 14.3 Å². The van der Waals surface area contributed by atoms with Gasteiger partial charge in [-0.2, -0.15) is 0 Å². The molecule has 0 unspecified atom stereocenters. The summed E-state index contributed by atoms with van der Waals surface area (Å²) in [6, 6.07) is 7.64. The average molecular weight is 433 g/mol. The van der Waals surface area contributed by atoms with Gasteiger partial charge >= 0.3 is 6.09 Å². The van der Waals surface area contributed by atoms with E-state index in [1.54, 1.807) is 18.0 Å². The van der Waals surface area contributed by atoms with Gasteiger partial charge in [0, 0.05) is 45.3 Å². The van der Waals surface area contributed by atoms with Crippen LogP contribution in [0.1, 0.15) is 36.7 Å². The van der Waals surface area contributed by atoms with Crippen LogP contribution in [0.25, 0.3) is 0 Å². The first kappa shape index (κ1) is 24.5. The number of carbonyl (C=O) groups excluding carboxylic acids is 2. The molecule has 1 aromatic carbocycles. The molecule has 0 bridgehead atoms. The van der Waals surface area contributed by atoms with E-state index in [-0.39, 0.29) is 18.0 Å². The summed E-state index contributed by atoms with van der Waals surface area (Å²) in [6.07, 6.45) is -0.297. The second-order valence-corrected chi connectivity index (χ2v) is 8.91. The first-order chi connectivity index (χ1) is 14.6. The third-order valence-corrected chi connectivity index (χ3v) is 4.59. The van der Waals surface area contributed by atoms with E-state index in [0.717, 1.165) is 12.1 Å². The minimum atomic E-state index is -0.495. The predicted octanol–water partition coefficient (Wildman–Crippen LogP) is 1.26. The molecule has 1 fully saturated rings. The van der Waals surface area contributed by atoms with E-state index in [1.165, 1.54) is 0 Å². The molecule has 0 atom stereocenters. The summed E-state index contributed by atoms with van der Waals surface area (Å²) in [5, 5.41) is 9.48. The van der Waals surface area contributed by atoms with Crippen LogP contribution in [0.4, 0.5) is 4.79 Å². The Morgan fingerprint density at radius 1 is 1.23 bits per heavy atom. The van der Waals surface area contributed by atoms with Crippen LogP contribution < -0.4 is 16.0 Å². The number of ether oxygens (including phenoxy) is 1. The zero-order valence-electron chi connectivity index (χ0n) is 19.5. The van der Waals surface area contributed by atoms with Crippen molar-refractivity contribution in [1.29, 1.82) is 0 Å². The van der Waals surface area contributed by atoms with E-state index in [1.807, 2.05) is 58.0 Å². The topological polar surface area (TPSA) is 98.3 Å². The van der Waals surface area contributed by atoms with Gasteiger partial charge in [0.1, 0.15) is 5.60 Å². The van der Waals surface area contributed by atoms with Crippen molar-refractivity contribution in [2.45, 2.75) is 39.0 Å². The van der Waals surface area contributed by atoms with Gasteiger partial charge in [0.15, 0.2) is 5.96 Å². The molecular weight excluding hydrogens is 396 g/mol. The van der Waals surface area contributed by atoms with E-state index < -0.39 is 5.60 Å². The normalized spacial score (nSPS) is 14.8. The van der Waals surface area contributed by atoms with Gasteiger partial charge in [-0.3, -0.25) is 9.79 Å². The number of likely N-dealkylation sites (tertiary alicyclic amines) is 1. The van der Waals surface area contributed by atoms with Crippen molar-refractivity contribution in [3.8, 4) is 0 Å². The van der Waals surface area contributed by atoms with Gasteiger partial charge in [0.05, 0.1) is 6.04 Å². The molecule has 0 aromatic heterocycles. The van der Waals surface area contributed by atoms with E-state index in [9.17, 15) is 9.59 Å². The van der Waals surface area contributed by atoms with Crippen molar-refractivity contribution in [2.24, 2.45) is 4.99 Å². The van der Waals surface area contributed by atoms with Gasteiger partial charge in [0.2, 0.25) is 0 Å². The number of carbonyl (C=O) groups is 2. The summed E-state index contributed by atoms with van der Waals surface area (Å²) in [7, 11) is 5.64. The molecule has 1 aliphatic heterocycles. The quantitative estimate of drug-likeness (QED) is 0.443. The number of likely N-dealkylation sites (N-methyl/N-ethyl adjacent to an activating group) is 1. The maximum Gasteiger partial charge on any atom is 0.410 e. The molecule has 0 aliphatic carbocycles. The molecule has 9 heteroatoms. The van der Waals surface area contributed by atoms with Crippen molar-refractivity contribution in [3.63, 3.8) is 0 Å². The Kier molecular flexibility index (Phi) is 8.67. The number of guanidine groups is 1. The second kappa shape index (κ2) is 11.0. The highest BCUT2D eigenvalue weighted by Gasteiger charge is 2.34. The molecule has 31 heavy (non-hydrogen) atoms. The zero-order chi connectivity index (χ0) is 23.0. The Morgan fingerprint density at radius 2 is 1.94 bits per heavy atom. The number of aliphatic imine (C=N–C) groups is 1. The number of amides is 2. The fraction of sp³-hybridized carbons (Fsp3) is 0.591. The van der Waals surface area contributed by atoms with Crippen molar-refractivity contribution in [1.82, 2.24) is 25.8 Å². The number of rotatable bonds is 7. The Labute approximate surface area is 185 Å². The molecule has 1 aliphatic rings. The molecule has 3 N–H and O–H groups in total. The van der Waals surface area contributed by atoms with Crippen molar-refractivity contribution in [3.05, 3.63) is 35.4 Å². The van der Waals surface area contributed by atoms with Crippen LogP contribution in [0.2, 0.25) is 0 Å². The lowest BCUT2D eigenvalue weighted by Gasteiger charge is -2.40. The SMILES string of the molecule is CN=C(NCc1cccc(C(=O)NCCN(C)C)c1)NC1CN(C(=O)OC(C)(C)C)C1. The smallest absolute Gasteiger partial charge is 0.410 e. The van der Waals surface area contributed by atoms with Gasteiger partial charge in [0.25, 0.3) is 5.91 Å². The number of nitrogens with one attached hydrogen (secondary N) is 3. The van der Waals surface area contributed by atoms with Crippen molar-refractivity contribution >= 4 is 18.0 Å². The van der Waals surface area contributed by atoms with Crippen LogP contribution >= 0.6 is 0 Å². The third kappa shape index (κ3) is 8.45. The molecule has 172 valence electrons. The largest absolute Gasteiger partial charge is 0.444 e. The Hall–Kier alpha value is -2.81. The Balaban J connectivity index is 1.78. The molecule has 0 radical (unpaired) electrons. The minimum Gasteiger partial charge on any atom is -0.444 e. The lowest BCUT2D eigenvalue weighted by atomic mass is 10.1. The van der Waals surface area contributed by atoms with E-state index in [4.69, 9.17) is 4.74 Å². The Morgan fingerprint density at radius 3 is 2.55 bits per heavy atom. The second-order valence-electron chi connectivity index (χ2n) is 8.91. The van der Waals surface area contributed by atoms with Crippen LogP contribution in [0.3, 0.4) is 0 Å². The minimum absolute atomic E-state index is 0.0806. The van der Waals surface area contributed by atoms with Crippen LogP contribution in [0.5, 0.6) is 0 Å². The molecule has 0 spiro atoms. The van der Waals surface area contributed by atoms with Crippen LogP contribution in [-0.4, -0.2) is 86.7 Å². The zero-order valence-corrected chi connectivity index (χ0v) is 19.5. The molecule has 1 saturated heterocycles. The average Bonchev–Trinajstić information content (AvgIpc) is 2.65. The van der Waals surface area contributed by atoms with Gasteiger partial charge in [-0.1, -0.05) is 12.1 Å². The van der Waals surface area contributed by atoms with E-state index in [2.05, 4.69) is 20.9 Å². The summed E-state index contributed by atoms with van der Waals surface area (Å²) >= 11 is 0. The van der Waals surface area contributed by atoms with Crippen LogP contribution in [0.15, 0.2) is 29.3 Å². The highest BCUT2D eigenvalue weighted by atomic mass is 16.6. The first-order valence-electron chi connectivity index (χ1n) is 10.5. The van der Waals surface area contributed by atoms with Gasteiger partial charge in [-0.15, -0.1) is 0 Å². The summed E-state index contributed by atoms with van der Waals surface area (Å²) in [4.78, 5) is 32.3. The maximum absolute atomic E-state index is 12.3. The molecule has 9 nitrogen and oxygen atoms in total. The molecule has 2 rings (SSSR count). The lowest BCUT2D eigenvalue weighted by molar-refractivity contribution is 0.00700. The number of hydrogen-bond donors (Lipinski definition) is 3. The summed E-state index contributed by atoms with van der Waals surface area (Å²) in [5.74, 6) is 0.567. The van der Waals surface area contributed by atoms with Crippen LogP contribution in [0, 0.1) is 0 Å². The molecule has 2 amide bonds. The highest BCUT2D eigenvalue weighted by molar-refractivity contribution is 5.94. The predicted molar refractivity (Wildman–Crippen MR) is 122 cm³/mol. The molecule has 1 aromatic rings.